The Hall–Kier alpha value is -3.46. The molecule has 1 aliphatic heterocycles. The minimum absolute atomic E-state index is 0.172. The van der Waals surface area contributed by atoms with E-state index in [1.807, 2.05) is 48.0 Å². The zero-order valence-corrected chi connectivity index (χ0v) is 24.4. The third-order valence-corrected chi connectivity index (χ3v) is 7.78. The molecule has 0 amide bonds. The summed E-state index contributed by atoms with van der Waals surface area (Å²) in [4.78, 5) is 26.6. The Balaban J connectivity index is 1.24. The number of piperazine rings is 1. The molecule has 0 unspecified atom stereocenters. The first-order valence-electron chi connectivity index (χ1n) is 13.9. The highest BCUT2D eigenvalue weighted by atomic mass is 35.5. The predicted octanol–water partition coefficient (Wildman–Crippen LogP) is 6.03. The molecule has 0 saturated carbocycles. The molecule has 3 heterocycles. The van der Waals surface area contributed by atoms with Gasteiger partial charge in [0.05, 0.1) is 29.7 Å². The van der Waals surface area contributed by atoms with Gasteiger partial charge in [0.25, 0.3) is 0 Å². The molecule has 1 aliphatic rings. The number of ether oxygens (including phenoxy) is 1. The minimum atomic E-state index is 0.172. The number of rotatable bonds is 10. The van der Waals surface area contributed by atoms with Crippen LogP contribution in [0, 0.1) is 0 Å². The third-order valence-electron chi connectivity index (χ3n) is 7.44. The predicted molar refractivity (Wildman–Crippen MR) is 161 cm³/mol. The van der Waals surface area contributed by atoms with Gasteiger partial charge < -0.3 is 19.5 Å². The molecule has 40 heavy (non-hydrogen) atoms. The summed E-state index contributed by atoms with van der Waals surface area (Å²) >= 11 is 6.37. The zero-order valence-electron chi connectivity index (χ0n) is 23.7. The number of pyridine rings is 1. The number of aryl methyl sites for hydroxylation is 1. The largest absolute Gasteiger partial charge is 0.457 e. The van der Waals surface area contributed by atoms with Crippen LogP contribution in [-0.2, 0) is 18.3 Å². The Bertz CT molecular complexity index is 1490. The fourth-order valence-electron chi connectivity index (χ4n) is 5.07. The first kappa shape index (κ1) is 28.1. The first-order valence-corrected chi connectivity index (χ1v) is 14.3. The van der Waals surface area contributed by atoms with E-state index in [0.29, 0.717) is 36.1 Å². The second-order valence-corrected chi connectivity index (χ2v) is 11.1. The summed E-state index contributed by atoms with van der Waals surface area (Å²) in [6, 6.07) is 15.4. The lowest BCUT2D eigenvalue weighted by molar-refractivity contribution is -0.120. The van der Waals surface area contributed by atoms with Gasteiger partial charge in [-0.2, -0.15) is 0 Å². The summed E-state index contributed by atoms with van der Waals surface area (Å²) in [5, 5.41) is 4.18. The highest BCUT2D eigenvalue weighted by Crippen LogP contribution is 2.31. The summed E-state index contributed by atoms with van der Waals surface area (Å²) in [6.45, 7) is 11.9. The van der Waals surface area contributed by atoms with Crippen molar-refractivity contribution in [2.24, 2.45) is 7.05 Å². The van der Waals surface area contributed by atoms with E-state index < -0.39 is 0 Å². The maximum Gasteiger partial charge on any atom is 0.208 e. The van der Waals surface area contributed by atoms with Crippen LogP contribution in [0.25, 0.3) is 11.0 Å². The van der Waals surface area contributed by atoms with Crippen LogP contribution in [0.15, 0.2) is 54.7 Å². The topological polar surface area (TPSA) is 75.5 Å². The number of nitrogens with one attached hydrogen (secondary N) is 1. The Labute approximate surface area is 240 Å². The highest BCUT2D eigenvalue weighted by Gasteiger charge is 2.18. The van der Waals surface area contributed by atoms with E-state index >= 15 is 0 Å². The van der Waals surface area contributed by atoms with E-state index in [1.54, 1.807) is 12.3 Å². The van der Waals surface area contributed by atoms with Crippen LogP contribution in [0.3, 0.4) is 0 Å². The van der Waals surface area contributed by atoms with Gasteiger partial charge >= 0.3 is 0 Å². The standard InChI is InChI=1S/C31H37ClN6O2/c1-5-37-12-14-38(15-13-37)20-24(39)16-23-17-26(10-11-33-23)40-25-7-9-30-29(19-25)35-31(36(30)4)34-22-6-8-28(32)27(18-22)21(2)3/h6-11,17-19,21H,5,12-16,20H2,1-4H3,(H,34,35). The zero-order chi connectivity index (χ0) is 28.2. The lowest BCUT2D eigenvalue weighted by Gasteiger charge is -2.33. The molecule has 1 fully saturated rings. The molecule has 0 aliphatic carbocycles. The number of hydrogen-bond acceptors (Lipinski definition) is 7. The van der Waals surface area contributed by atoms with E-state index in [0.717, 1.165) is 66.0 Å². The molecule has 0 bridgehead atoms. The molecule has 1 N–H and O–H groups in total. The molecule has 0 atom stereocenters. The Morgan fingerprint density at radius 3 is 2.52 bits per heavy atom. The fraction of sp³-hybridized carbons (Fsp3) is 0.387. The van der Waals surface area contributed by atoms with E-state index in [2.05, 4.69) is 46.9 Å². The van der Waals surface area contributed by atoms with Crippen molar-refractivity contribution in [2.75, 3.05) is 44.6 Å². The van der Waals surface area contributed by atoms with Crippen LogP contribution >= 0.6 is 11.6 Å². The van der Waals surface area contributed by atoms with Gasteiger partial charge in [-0.05, 0) is 54.4 Å². The molecule has 1 saturated heterocycles. The Morgan fingerprint density at radius 1 is 1.02 bits per heavy atom. The van der Waals surface area contributed by atoms with Crippen molar-refractivity contribution in [2.45, 2.75) is 33.1 Å². The van der Waals surface area contributed by atoms with Crippen molar-refractivity contribution in [3.63, 3.8) is 0 Å². The van der Waals surface area contributed by atoms with Gasteiger partial charge in [-0.25, -0.2) is 4.98 Å². The average Bonchev–Trinajstić information content (AvgIpc) is 3.24. The van der Waals surface area contributed by atoms with Crippen molar-refractivity contribution in [3.05, 3.63) is 71.0 Å². The van der Waals surface area contributed by atoms with Crippen LogP contribution in [-0.4, -0.2) is 69.4 Å². The Kier molecular flexibility index (Phi) is 8.69. The van der Waals surface area contributed by atoms with Crippen molar-refractivity contribution in [1.82, 2.24) is 24.3 Å². The number of fused-ring (bicyclic) bond motifs is 1. The van der Waals surface area contributed by atoms with E-state index in [4.69, 9.17) is 21.3 Å². The van der Waals surface area contributed by atoms with Crippen LogP contribution in [0.1, 0.15) is 37.9 Å². The molecule has 9 heteroatoms. The molecule has 0 spiro atoms. The fourth-order valence-corrected chi connectivity index (χ4v) is 5.41. The van der Waals surface area contributed by atoms with E-state index in [1.165, 1.54) is 0 Å². The Morgan fingerprint density at radius 2 is 1.77 bits per heavy atom. The maximum atomic E-state index is 12.7. The summed E-state index contributed by atoms with van der Waals surface area (Å²) in [5.74, 6) is 2.53. The molecule has 8 nitrogen and oxygen atoms in total. The van der Waals surface area contributed by atoms with Crippen molar-refractivity contribution in [1.29, 1.82) is 0 Å². The number of ketones is 1. The van der Waals surface area contributed by atoms with Gasteiger partial charge in [0.15, 0.2) is 5.78 Å². The molecular weight excluding hydrogens is 524 g/mol. The van der Waals surface area contributed by atoms with Crippen molar-refractivity contribution in [3.8, 4) is 11.5 Å². The quantitative estimate of drug-likeness (QED) is 0.254. The minimum Gasteiger partial charge on any atom is -0.457 e. The number of nitrogens with zero attached hydrogens (tertiary/aromatic N) is 5. The number of aromatic nitrogens is 3. The van der Waals surface area contributed by atoms with Crippen molar-refractivity contribution >= 4 is 40.1 Å². The van der Waals surface area contributed by atoms with Gasteiger partial charge in [-0.3, -0.25) is 14.7 Å². The number of hydrogen-bond donors (Lipinski definition) is 1. The second-order valence-electron chi connectivity index (χ2n) is 10.7. The molecule has 0 radical (unpaired) electrons. The number of halogens is 1. The van der Waals surface area contributed by atoms with Crippen molar-refractivity contribution < 1.29 is 9.53 Å². The number of carbonyl (C=O) groups is 1. The van der Waals surface area contributed by atoms with Gasteiger partial charge in [0.1, 0.15) is 11.5 Å². The summed E-state index contributed by atoms with van der Waals surface area (Å²) in [5.41, 5.74) is 4.53. The first-order chi connectivity index (χ1) is 19.3. The number of benzene rings is 2. The summed E-state index contributed by atoms with van der Waals surface area (Å²) < 4.78 is 8.17. The van der Waals surface area contributed by atoms with Crippen LogP contribution in [0.4, 0.5) is 11.6 Å². The number of anilines is 2. The third kappa shape index (κ3) is 6.63. The van der Waals surface area contributed by atoms with Crippen LogP contribution < -0.4 is 10.1 Å². The SMILES string of the molecule is CCN1CCN(CC(=O)Cc2cc(Oc3ccc4c(c3)nc(Nc3ccc(Cl)c(C(C)C)c3)n4C)ccn2)CC1. The number of likely N-dealkylation sites (N-methyl/N-ethyl adjacent to an activating group) is 1. The molecule has 2 aromatic carbocycles. The monoisotopic (exact) mass is 560 g/mol. The smallest absolute Gasteiger partial charge is 0.208 e. The van der Waals surface area contributed by atoms with Gasteiger partial charge in [0.2, 0.25) is 5.95 Å². The van der Waals surface area contributed by atoms with Crippen LogP contribution in [0.2, 0.25) is 5.02 Å². The number of imidazole rings is 1. The lowest BCUT2D eigenvalue weighted by atomic mass is 10.0. The second kappa shape index (κ2) is 12.4. The van der Waals surface area contributed by atoms with Gasteiger partial charge in [-0.15, -0.1) is 0 Å². The van der Waals surface area contributed by atoms with E-state index in [-0.39, 0.29) is 5.78 Å². The number of carbonyl (C=O) groups excluding carboxylic acids is 1. The maximum absolute atomic E-state index is 12.7. The molecule has 4 aromatic rings. The lowest BCUT2D eigenvalue weighted by Crippen LogP contribution is -2.47. The molecule has 2 aromatic heterocycles. The van der Waals surface area contributed by atoms with Gasteiger partial charge in [0, 0.05) is 62.3 Å². The number of Topliss-reactive ketones (excluding diaryl/α,β-unsaturated/α-hetero) is 1. The molecule has 5 rings (SSSR count). The summed E-state index contributed by atoms with van der Waals surface area (Å²) in [6.07, 6.45) is 1.99. The van der Waals surface area contributed by atoms with Crippen LogP contribution in [0.5, 0.6) is 11.5 Å². The highest BCUT2D eigenvalue weighted by molar-refractivity contribution is 6.31. The van der Waals surface area contributed by atoms with E-state index in [9.17, 15) is 4.79 Å². The molecular formula is C31H37ClN6O2. The normalized spacial score (nSPS) is 14.7. The summed E-state index contributed by atoms with van der Waals surface area (Å²) in [7, 11) is 1.98. The molecule has 210 valence electrons. The van der Waals surface area contributed by atoms with Gasteiger partial charge in [-0.1, -0.05) is 32.4 Å². The average molecular weight is 561 g/mol.